The molecule has 0 spiro atoms. The zero-order chi connectivity index (χ0) is 18.3. The summed E-state index contributed by atoms with van der Waals surface area (Å²) in [6, 6.07) is 10.9. The minimum atomic E-state index is -0.421. The third kappa shape index (κ3) is 7.04. The quantitative estimate of drug-likeness (QED) is 0.802. The highest BCUT2D eigenvalue weighted by atomic mass is 16.6. The van der Waals surface area contributed by atoms with Gasteiger partial charge in [-0.1, -0.05) is 30.3 Å². The van der Waals surface area contributed by atoms with E-state index in [2.05, 4.69) is 41.4 Å². The van der Waals surface area contributed by atoms with E-state index in [0.717, 1.165) is 45.7 Å². The Morgan fingerprint density at radius 1 is 1.16 bits per heavy atom. The molecule has 1 aromatic rings. The average molecular weight is 348 g/mol. The van der Waals surface area contributed by atoms with Crippen LogP contribution in [0, 0.1) is 0 Å². The van der Waals surface area contributed by atoms with Crippen LogP contribution in [0.5, 0.6) is 0 Å². The maximum atomic E-state index is 12.1. The zero-order valence-corrected chi connectivity index (χ0v) is 16.1. The first-order valence-electron chi connectivity index (χ1n) is 9.34. The number of carbonyl (C=O) groups is 1. The van der Waals surface area contributed by atoms with Crippen LogP contribution in [-0.4, -0.2) is 60.8 Å². The summed E-state index contributed by atoms with van der Waals surface area (Å²) < 4.78 is 5.44. The molecule has 0 aromatic heterocycles. The van der Waals surface area contributed by atoms with E-state index >= 15 is 0 Å². The van der Waals surface area contributed by atoms with Crippen molar-refractivity contribution in [2.75, 3.05) is 39.3 Å². The van der Waals surface area contributed by atoms with Crippen molar-refractivity contribution in [1.82, 2.24) is 15.1 Å². The number of benzene rings is 1. The van der Waals surface area contributed by atoms with Gasteiger partial charge in [-0.2, -0.15) is 0 Å². The molecule has 1 N–H and O–H groups in total. The Balaban J connectivity index is 1.60. The van der Waals surface area contributed by atoms with Crippen LogP contribution in [0.2, 0.25) is 0 Å². The van der Waals surface area contributed by atoms with Crippen molar-refractivity contribution in [2.24, 2.45) is 0 Å². The van der Waals surface area contributed by atoms with E-state index in [4.69, 9.17) is 4.74 Å². The standard InChI is InChI=1S/C20H33N3O2/c1-17(18-9-6-5-7-10-18)21-11-8-12-22-13-15-23(16-14-22)19(24)25-20(2,3)4/h5-7,9-10,17,21H,8,11-16H2,1-4H3. The van der Waals surface area contributed by atoms with E-state index in [-0.39, 0.29) is 6.09 Å². The summed E-state index contributed by atoms with van der Waals surface area (Å²) in [4.78, 5) is 16.3. The van der Waals surface area contributed by atoms with Crippen molar-refractivity contribution >= 4 is 6.09 Å². The first-order valence-corrected chi connectivity index (χ1v) is 9.34. The van der Waals surface area contributed by atoms with Crippen LogP contribution in [0.25, 0.3) is 0 Å². The molecule has 1 fully saturated rings. The molecule has 1 amide bonds. The van der Waals surface area contributed by atoms with Gasteiger partial charge >= 0.3 is 6.09 Å². The molecule has 1 aliphatic heterocycles. The van der Waals surface area contributed by atoms with Gasteiger partial charge in [-0.3, -0.25) is 4.90 Å². The summed E-state index contributed by atoms with van der Waals surface area (Å²) in [7, 11) is 0. The lowest BCUT2D eigenvalue weighted by Gasteiger charge is -2.35. The van der Waals surface area contributed by atoms with E-state index in [1.54, 1.807) is 0 Å². The second kappa shape index (κ2) is 9.20. The number of amides is 1. The number of rotatable bonds is 6. The zero-order valence-electron chi connectivity index (χ0n) is 16.1. The van der Waals surface area contributed by atoms with Crippen LogP contribution >= 0.6 is 0 Å². The van der Waals surface area contributed by atoms with Crippen LogP contribution in [0.3, 0.4) is 0 Å². The van der Waals surface area contributed by atoms with Crippen LogP contribution in [0.1, 0.15) is 45.7 Å². The molecule has 0 aliphatic carbocycles. The molecular formula is C20H33N3O2. The number of hydrogen-bond acceptors (Lipinski definition) is 4. The van der Waals surface area contributed by atoms with Crippen LogP contribution in [0.4, 0.5) is 4.79 Å². The van der Waals surface area contributed by atoms with Crippen LogP contribution in [-0.2, 0) is 4.74 Å². The molecule has 5 nitrogen and oxygen atoms in total. The molecule has 5 heteroatoms. The van der Waals surface area contributed by atoms with Crippen molar-refractivity contribution in [1.29, 1.82) is 0 Å². The summed E-state index contributed by atoms with van der Waals surface area (Å²) in [5.41, 5.74) is 0.906. The second-order valence-electron chi connectivity index (χ2n) is 7.75. The van der Waals surface area contributed by atoms with E-state index in [0.29, 0.717) is 6.04 Å². The highest BCUT2D eigenvalue weighted by molar-refractivity contribution is 5.68. The Morgan fingerprint density at radius 2 is 1.80 bits per heavy atom. The fraction of sp³-hybridized carbons (Fsp3) is 0.650. The van der Waals surface area contributed by atoms with Gasteiger partial charge in [0.2, 0.25) is 0 Å². The lowest BCUT2D eigenvalue weighted by Crippen LogP contribution is -2.50. The Kier molecular flexibility index (Phi) is 7.26. The highest BCUT2D eigenvalue weighted by Crippen LogP contribution is 2.13. The first kappa shape index (κ1) is 19.7. The van der Waals surface area contributed by atoms with Gasteiger partial charge in [0, 0.05) is 32.2 Å². The molecular weight excluding hydrogens is 314 g/mol. The van der Waals surface area contributed by atoms with Crippen LogP contribution < -0.4 is 5.32 Å². The SMILES string of the molecule is CC(NCCCN1CCN(C(=O)OC(C)(C)C)CC1)c1ccccc1. The van der Waals surface area contributed by atoms with Gasteiger partial charge in [0.05, 0.1) is 0 Å². The topological polar surface area (TPSA) is 44.8 Å². The summed E-state index contributed by atoms with van der Waals surface area (Å²) in [5, 5.41) is 3.58. The molecule has 1 atom stereocenters. The molecule has 1 aromatic carbocycles. The van der Waals surface area contributed by atoms with Gasteiger partial charge in [-0.05, 0) is 52.8 Å². The normalized spacial score (nSPS) is 17.4. The summed E-state index contributed by atoms with van der Waals surface area (Å²) in [5.74, 6) is 0. The number of ether oxygens (including phenoxy) is 1. The smallest absolute Gasteiger partial charge is 0.410 e. The molecule has 1 aliphatic rings. The van der Waals surface area contributed by atoms with E-state index in [1.165, 1.54) is 5.56 Å². The number of piperazine rings is 1. The number of nitrogens with zero attached hydrogens (tertiary/aromatic N) is 2. The van der Waals surface area contributed by atoms with Crippen molar-refractivity contribution < 1.29 is 9.53 Å². The van der Waals surface area contributed by atoms with Crippen molar-refractivity contribution in [3.8, 4) is 0 Å². The van der Waals surface area contributed by atoms with Crippen molar-refractivity contribution in [2.45, 2.75) is 45.8 Å². The van der Waals surface area contributed by atoms with Crippen molar-refractivity contribution in [3.63, 3.8) is 0 Å². The third-order valence-corrected chi connectivity index (χ3v) is 4.43. The van der Waals surface area contributed by atoms with Gasteiger partial charge < -0.3 is 15.0 Å². The molecule has 140 valence electrons. The third-order valence-electron chi connectivity index (χ3n) is 4.43. The lowest BCUT2D eigenvalue weighted by molar-refractivity contribution is 0.0144. The van der Waals surface area contributed by atoms with Crippen LogP contribution in [0.15, 0.2) is 30.3 Å². The van der Waals surface area contributed by atoms with Crippen molar-refractivity contribution in [3.05, 3.63) is 35.9 Å². The van der Waals surface area contributed by atoms with E-state index < -0.39 is 5.60 Å². The maximum absolute atomic E-state index is 12.1. The molecule has 1 heterocycles. The fourth-order valence-electron chi connectivity index (χ4n) is 2.96. The average Bonchev–Trinajstić information content (AvgIpc) is 2.58. The van der Waals surface area contributed by atoms with Gasteiger partial charge in [-0.25, -0.2) is 4.79 Å². The monoisotopic (exact) mass is 347 g/mol. The fourth-order valence-corrected chi connectivity index (χ4v) is 2.96. The van der Waals surface area contributed by atoms with E-state index in [9.17, 15) is 4.79 Å². The Bertz CT molecular complexity index is 519. The minimum absolute atomic E-state index is 0.189. The largest absolute Gasteiger partial charge is 0.444 e. The number of carbonyl (C=O) groups excluding carboxylic acids is 1. The predicted molar refractivity (Wildman–Crippen MR) is 102 cm³/mol. The molecule has 0 bridgehead atoms. The summed E-state index contributed by atoms with van der Waals surface area (Å²) >= 11 is 0. The Labute approximate surface area is 152 Å². The Hall–Kier alpha value is -1.59. The minimum Gasteiger partial charge on any atom is -0.444 e. The Morgan fingerprint density at radius 3 is 2.40 bits per heavy atom. The lowest BCUT2D eigenvalue weighted by atomic mass is 10.1. The molecule has 25 heavy (non-hydrogen) atoms. The predicted octanol–water partition coefficient (Wildman–Crippen LogP) is 3.28. The second-order valence-corrected chi connectivity index (χ2v) is 7.75. The van der Waals surface area contributed by atoms with Gasteiger partial charge in [0.1, 0.15) is 5.60 Å². The summed E-state index contributed by atoms with van der Waals surface area (Å²) in [6.07, 6.45) is 0.925. The number of hydrogen-bond donors (Lipinski definition) is 1. The summed E-state index contributed by atoms with van der Waals surface area (Å²) in [6.45, 7) is 13.3. The molecule has 2 rings (SSSR count). The maximum Gasteiger partial charge on any atom is 0.410 e. The number of nitrogens with one attached hydrogen (secondary N) is 1. The molecule has 1 saturated heterocycles. The highest BCUT2D eigenvalue weighted by Gasteiger charge is 2.25. The van der Waals surface area contributed by atoms with Gasteiger partial charge in [0.25, 0.3) is 0 Å². The molecule has 0 radical (unpaired) electrons. The molecule has 1 unspecified atom stereocenters. The van der Waals surface area contributed by atoms with Gasteiger partial charge in [-0.15, -0.1) is 0 Å². The van der Waals surface area contributed by atoms with E-state index in [1.807, 2.05) is 31.7 Å². The van der Waals surface area contributed by atoms with Gasteiger partial charge in [0.15, 0.2) is 0 Å². The first-order chi connectivity index (χ1) is 11.8. The molecule has 0 saturated carbocycles.